The van der Waals surface area contributed by atoms with Crippen molar-refractivity contribution in [1.29, 1.82) is 0 Å². The highest BCUT2D eigenvalue weighted by molar-refractivity contribution is 7.98. The Kier molecular flexibility index (Phi) is 5.40. The summed E-state index contributed by atoms with van der Waals surface area (Å²) in [6.45, 7) is 4.21. The Morgan fingerprint density at radius 2 is 2.19 bits per heavy atom. The van der Waals surface area contributed by atoms with Crippen molar-refractivity contribution in [2.75, 3.05) is 19.1 Å². The summed E-state index contributed by atoms with van der Waals surface area (Å²) in [5.74, 6) is 1.91. The van der Waals surface area contributed by atoms with Crippen LogP contribution in [0.1, 0.15) is 31.3 Å². The Balaban J connectivity index is 2.14. The minimum atomic E-state index is -3.49. The van der Waals surface area contributed by atoms with Crippen molar-refractivity contribution in [3.63, 3.8) is 0 Å². The number of nitrogens with one attached hydrogen (secondary N) is 1. The molecule has 0 radical (unpaired) electrons. The summed E-state index contributed by atoms with van der Waals surface area (Å²) in [5.41, 5.74) is 0. The van der Waals surface area contributed by atoms with E-state index < -0.39 is 10.0 Å². The summed E-state index contributed by atoms with van der Waals surface area (Å²) in [6.07, 6.45) is 4.36. The summed E-state index contributed by atoms with van der Waals surface area (Å²) in [4.78, 5) is 0.283. The van der Waals surface area contributed by atoms with Crippen LogP contribution in [0.15, 0.2) is 15.4 Å². The zero-order valence-electron chi connectivity index (χ0n) is 13.0. The van der Waals surface area contributed by atoms with E-state index in [0.717, 1.165) is 5.75 Å². The number of furan rings is 1. The number of sulfonamides is 1. The van der Waals surface area contributed by atoms with Crippen molar-refractivity contribution < 1.29 is 12.8 Å². The van der Waals surface area contributed by atoms with E-state index >= 15 is 0 Å². The van der Waals surface area contributed by atoms with Crippen LogP contribution in [-0.2, 0) is 16.6 Å². The number of rotatable bonds is 8. The maximum Gasteiger partial charge on any atom is 0.246 e. The first kappa shape index (κ1) is 16.9. The second kappa shape index (κ2) is 6.73. The maximum atomic E-state index is 12.7. The molecule has 1 unspecified atom stereocenters. The summed E-state index contributed by atoms with van der Waals surface area (Å²) < 4.78 is 32.4. The zero-order valence-corrected chi connectivity index (χ0v) is 14.7. The third kappa shape index (κ3) is 4.03. The van der Waals surface area contributed by atoms with Gasteiger partial charge >= 0.3 is 0 Å². The Hall–Kier alpha value is -0.500. The standard InChI is InChI=1S/C14H24N2O3S2/c1-10(9-20-4)16(3)21(17,18)14-7-13(19-11(14)2)8-15-12-5-6-12/h7,10,12,15H,5-6,8-9H2,1-4H3. The Labute approximate surface area is 131 Å². The van der Waals surface area contributed by atoms with Gasteiger partial charge in [0.25, 0.3) is 0 Å². The lowest BCUT2D eigenvalue weighted by Crippen LogP contribution is -2.36. The average molecular weight is 332 g/mol. The molecule has 0 aliphatic heterocycles. The third-order valence-corrected chi connectivity index (χ3v) is 6.65. The van der Waals surface area contributed by atoms with Crippen LogP contribution in [0.2, 0.25) is 0 Å². The number of nitrogens with zero attached hydrogens (tertiary/aromatic N) is 1. The monoisotopic (exact) mass is 332 g/mol. The van der Waals surface area contributed by atoms with E-state index in [4.69, 9.17) is 4.42 Å². The van der Waals surface area contributed by atoms with E-state index in [1.54, 1.807) is 31.8 Å². The topological polar surface area (TPSA) is 62.6 Å². The molecule has 0 aromatic carbocycles. The molecule has 1 aromatic rings. The molecule has 120 valence electrons. The summed E-state index contributed by atoms with van der Waals surface area (Å²) in [5, 5.41) is 3.33. The summed E-state index contributed by atoms with van der Waals surface area (Å²) >= 11 is 1.64. The van der Waals surface area contributed by atoms with E-state index in [0.29, 0.717) is 24.1 Å². The fourth-order valence-electron chi connectivity index (χ4n) is 2.14. The first-order valence-electron chi connectivity index (χ1n) is 7.16. The van der Waals surface area contributed by atoms with Crippen molar-refractivity contribution in [3.8, 4) is 0 Å². The predicted molar refractivity (Wildman–Crippen MR) is 86.1 cm³/mol. The van der Waals surface area contributed by atoms with Gasteiger partial charge in [0.1, 0.15) is 16.4 Å². The lowest BCUT2D eigenvalue weighted by Gasteiger charge is -2.23. The highest BCUT2D eigenvalue weighted by Crippen LogP contribution is 2.26. The molecule has 21 heavy (non-hydrogen) atoms. The Morgan fingerprint density at radius 3 is 2.76 bits per heavy atom. The van der Waals surface area contributed by atoms with Gasteiger partial charge in [-0.2, -0.15) is 16.1 Å². The van der Waals surface area contributed by atoms with Crippen LogP contribution < -0.4 is 5.32 Å². The van der Waals surface area contributed by atoms with E-state index in [2.05, 4.69) is 5.32 Å². The molecule has 2 rings (SSSR count). The predicted octanol–water partition coefficient (Wildman–Crippen LogP) is 2.21. The molecule has 1 aliphatic carbocycles. The van der Waals surface area contributed by atoms with Gasteiger partial charge in [-0.05, 0) is 32.9 Å². The van der Waals surface area contributed by atoms with Gasteiger partial charge in [0.2, 0.25) is 10.0 Å². The van der Waals surface area contributed by atoms with Crippen LogP contribution >= 0.6 is 11.8 Å². The highest BCUT2D eigenvalue weighted by Gasteiger charge is 2.29. The average Bonchev–Trinajstić information content (AvgIpc) is 3.18. The van der Waals surface area contributed by atoms with Gasteiger partial charge in [0.05, 0.1) is 6.54 Å². The molecular weight excluding hydrogens is 308 g/mol. The molecular formula is C14H24N2O3S2. The third-order valence-electron chi connectivity index (χ3n) is 3.75. The second-order valence-corrected chi connectivity index (χ2v) is 8.49. The van der Waals surface area contributed by atoms with Crippen molar-refractivity contribution in [2.24, 2.45) is 0 Å². The minimum Gasteiger partial charge on any atom is -0.464 e. The highest BCUT2D eigenvalue weighted by atomic mass is 32.2. The van der Waals surface area contributed by atoms with Crippen molar-refractivity contribution in [1.82, 2.24) is 9.62 Å². The number of thioether (sulfide) groups is 1. The molecule has 0 amide bonds. The quantitative estimate of drug-likeness (QED) is 0.791. The molecule has 1 heterocycles. The van der Waals surface area contributed by atoms with Gasteiger partial charge in [-0.25, -0.2) is 8.42 Å². The van der Waals surface area contributed by atoms with Gasteiger partial charge in [-0.1, -0.05) is 0 Å². The van der Waals surface area contributed by atoms with Gasteiger partial charge in [-0.15, -0.1) is 0 Å². The van der Waals surface area contributed by atoms with Crippen molar-refractivity contribution in [2.45, 2.75) is 50.2 Å². The van der Waals surface area contributed by atoms with Crippen molar-refractivity contribution in [3.05, 3.63) is 17.6 Å². The molecule has 7 heteroatoms. The van der Waals surface area contributed by atoms with Crippen LogP contribution in [0.5, 0.6) is 0 Å². The molecule has 5 nitrogen and oxygen atoms in total. The molecule has 1 N–H and O–H groups in total. The van der Waals surface area contributed by atoms with E-state index in [-0.39, 0.29) is 10.9 Å². The van der Waals surface area contributed by atoms with Gasteiger partial charge in [0, 0.05) is 31.0 Å². The molecule has 0 saturated heterocycles. The smallest absolute Gasteiger partial charge is 0.246 e. The van der Waals surface area contributed by atoms with Crippen LogP contribution in [0.4, 0.5) is 0 Å². The van der Waals surface area contributed by atoms with Gasteiger partial charge in [0.15, 0.2) is 0 Å². The first-order chi connectivity index (χ1) is 9.86. The largest absolute Gasteiger partial charge is 0.464 e. The summed E-state index contributed by atoms with van der Waals surface area (Å²) in [7, 11) is -1.86. The molecule has 1 aromatic heterocycles. The maximum absolute atomic E-state index is 12.7. The number of hydrogen-bond acceptors (Lipinski definition) is 5. The molecule has 1 atom stereocenters. The van der Waals surface area contributed by atoms with Crippen molar-refractivity contribution >= 4 is 21.8 Å². The van der Waals surface area contributed by atoms with E-state index in [1.807, 2.05) is 13.2 Å². The Bertz CT molecular complexity index is 579. The van der Waals surface area contributed by atoms with Gasteiger partial charge in [-0.3, -0.25) is 0 Å². The molecule has 1 saturated carbocycles. The van der Waals surface area contributed by atoms with Crippen LogP contribution in [0.3, 0.4) is 0 Å². The van der Waals surface area contributed by atoms with E-state index in [9.17, 15) is 8.42 Å². The minimum absolute atomic E-state index is 0.0488. The zero-order chi connectivity index (χ0) is 15.6. The SMILES string of the molecule is CSCC(C)N(C)S(=O)(=O)c1cc(CNC2CC2)oc1C. The molecule has 0 bridgehead atoms. The number of aryl methyl sites for hydroxylation is 1. The fourth-order valence-corrected chi connectivity index (χ4v) is 4.48. The van der Waals surface area contributed by atoms with Gasteiger partial charge < -0.3 is 9.73 Å². The molecule has 1 aliphatic rings. The van der Waals surface area contributed by atoms with E-state index in [1.165, 1.54) is 17.1 Å². The molecule has 1 fully saturated rings. The number of hydrogen-bond donors (Lipinski definition) is 1. The first-order valence-corrected chi connectivity index (χ1v) is 9.99. The lowest BCUT2D eigenvalue weighted by molar-refractivity contribution is 0.412. The fraction of sp³-hybridized carbons (Fsp3) is 0.714. The summed E-state index contributed by atoms with van der Waals surface area (Å²) in [6, 6.07) is 2.18. The molecule has 0 spiro atoms. The van der Waals surface area contributed by atoms with Crippen LogP contribution in [0, 0.1) is 6.92 Å². The lowest BCUT2D eigenvalue weighted by atomic mass is 10.4. The van der Waals surface area contributed by atoms with Crippen LogP contribution in [0.25, 0.3) is 0 Å². The normalized spacial score (nSPS) is 17.4. The Morgan fingerprint density at radius 1 is 1.52 bits per heavy atom. The van der Waals surface area contributed by atoms with Crippen LogP contribution in [-0.4, -0.2) is 43.9 Å². The second-order valence-electron chi connectivity index (χ2n) is 5.61.